The van der Waals surface area contributed by atoms with Gasteiger partial charge in [-0.05, 0) is 43.2 Å². The molecule has 1 heterocycles. The van der Waals surface area contributed by atoms with Gasteiger partial charge in [-0.15, -0.1) is 0 Å². The number of amides is 1. The molecule has 2 aromatic carbocycles. The number of benzene rings is 2. The second-order valence-electron chi connectivity index (χ2n) is 6.17. The Morgan fingerprint density at radius 2 is 1.52 bits per heavy atom. The Kier molecular flexibility index (Phi) is 4.65. The number of hydrogen-bond donors (Lipinski definition) is 0. The van der Waals surface area contributed by atoms with Crippen molar-refractivity contribution in [3.8, 4) is 0 Å². The predicted molar refractivity (Wildman–Crippen MR) is 95.1 cm³/mol. The Labute approximate surface area is 138 Å². The molecule has 1 amide bonds. The van der Waals surface area contributed by atoms with Gasteiger partial charge in [0.15, 0.2) is 0 Å². The molecule has 3 nitrogen and oxygen atoms in total. The van der Waals surface area contributed by atoms with Gasteiger partial charge in [-0.1, -0.05) is 36.8 Å². The number of rotatable bonds is 3. The summed E-state index contributed by atoms with van der Waals surface area (Å²) in [6, 6.07) is 16.6. The number of piperazine rings is 1. The van der Waals surface area contributed by atoms with Gasteiger partial charge < -0.3 is 9.80 Å². The molecule has 0 N–H and O–H groups in total. The first-order chi connectivity index (χ1) is 11.2. The molecule has 1 aliphatic rings. The maximum atomic E-state index is 12.5. The van der Waals surface area contributed by atoms with Crippen LogP contribution in [0.3, 0.4) is 0 Å². The maximum Gasteiger partial charge on any atom is 0.253 e. The topological polar surface area (TPSA) is 23.6 Å². The number of hydrogen-bond acceptors (Lipinski definition) is 2. The van der Waals surface area contributed by atoms with Gasteiger partial charge in [-0.25, -0.2) is 0 Å². The van der Waals surface area contributed by atoms with Crippen LogP contribution in [0.15, 0.2) is 48.5 Å². The summed E-state index contributed by atoms with van der Waals surface area (Å²) in [6.07, 6.45) is 1.07. The van der Waals surface area contributed by atoms with Crippen molar-refractivity contribution >= 4 is 11.6 Å². The highest BCUT2D eigenvalue weighted by molar-refractivity contribution is 5.94. The molecule has 120 valence electrons. The molecule has 0 aliphatic carbocycles. The van der Waals surface area contributed by atoms with Crippen molar-refractivity contribution in [2.75, 3.05) is 31.1 Å². The SMILES string of the molecule is CCc1ccc(N2CCN(C(=O)c3ccc(C)cc3)CC2)cc1. The molecule has 1 saturated heterocycles. The minimum absolute atomic E-state index is 0.144. The van der Waals surface area contributed by atoms with Crippen LogP contribution in [0.2, 0.25) is 0 Å². The van der Waals surface area contributed by atoms with Crippen LogP contribution in [0.1, 0.15) is 28.4 Å². The van der Waals surface area contributed by atoms with Gasteiger partial charge in [0.25, 0.3) is 5.91 Å². The maximum absolute atomic E-state index is 12.5. The summed E-state index contributed by atoms with van der Waals surface area (Å²) in [5.41, 5.74) is 4.59. The van der Waals surface area contributed by atoms with E-state index in [-0.39, 0.29) is 5.91 Å². The van der Waals surface area contributed by atoms with E-state index in [0.717, 1.165) is 38.2 Å². The highest BCUT2D eigenvalue weighted by atomic mass is 16.2. The molecule has 0 aromatic heterocycles. The normalized spacial score (nSPS) is 14.9. The second kappa shape index (κ2) is 6.86. The second-order valence-corrected chi connectivity index (χ2v) is 6.17. The van der Waals surface area contributed by atoms with E-state index in [1.807, 2.05) is 36.1 Å². The van der Waals surface area contributed by atoms with Gasteiger partial charge in [-0.3, -0.25) is 4.79 Å². The molecule has 0 radical (unpaired) electrons. The van der Waals surface area contributed by atoms with Crippen LogP contribution < -0.4 is 4.90 Å². The van der Waals surface area contributed by atoms with E-state index in [2.05, 4.69) is 36.1 Å². The fraction of sp³-hybridized carbons (Fsp3) is 0.350. The van der Waals surface area contributed by atoms with Crippen LogP contribution in [-0.4, -0.2) is 37.0 Å². The van der Waals surface area contributed by atoms with Crippen molar-refractivity contribution in [1.29, 1.82) is 0 Å². The molecule has 3 rings (SSSR count). The monoisotopic (exact) mass is 308 g/mol. The first-order valence-corrected chi connectivity index (χ1v) is 8.37. The third kappa shape index (κ3) is 3.55. The van der Waals surface area contributed by atoms with Gasteiger partial charge in [-0.2, -0.15) is 0 Å². The van der Waals surface area contributed by atoms with Gasteiger partial charge in [0.05, 0.1) is 0 Å². The van der Waals surface area contributed by atoms with E-state index >= 15 is 0 Å². The fourth-order valence-corrected chi connectivity index (χ4v) is 2.99. The fourth-order valence-electron chi connectivity index (χ4n) is 2.99. The van der Waals surface area contributed by atoms with Crippen LogP contribution in [0.4, 0.5) is 5.69 Å². The van der Waals surface area contributed by atoms with E-state index in [9.17, 15) is 4.79 Å². The summed E-state index contributed by atoms with van der Waals surface area (Å²) >= 11 is 0. The number of carbonyl (C=O) groups is 1. The summed E-state index contributed by atoms with van der Waals surface area (Å²) < 4.78 is 0. The van der Waals surface area contributed by atoms with E-state index in [0.29, 0.717) is 0 Å². The lowest BCUT2D eigenvalue weighted by atomic mass is 10.1. The van der Waals surface area contributed by atoms with Crippen LogP contribution in [0.25, 0.3) is 0 Å². The quantitative estimate of drug-likeness (QED) is 0.866. The molecule has 0 unspecified atom stereocenters. The lowest BCUT2D eigenvalue weighted by Crippen LogP contribution is -2.48. The summed E-state index contributed by atoms with van der Waals surface area (Å²) in [5, 5.41) is 0. The Morgan fingerprint density at radius 3 is 2.09 bits per heavy atom. The summed E-state index contributed by atoms with van der Waals surface area (Å²) in [6.45, 7) is 7.55. The molecule has 3 heteroatoms. The average molecular weight is 308 g/mol. The van der Waals surface area contributed by atoms with Crippen molar-refractivity contribution in [3.05, 3.63) is 65.2 Å². The first-order valence-electron chi connectivity index (χ1n) is 8.37. The molecule has 0 atom stereocenters. The van der Waals surface area contributed by atoms with E-state index < -0.39 is 0 Å². The number of carbonyl (C=O) groups excluding carboxylic acids is 1. The molecule has 1 aliphatic heterocycles. The molecule has 0 bridgehead atoms. The van der Waals surface area contributed by atoms with E-state index in [1.165, 1.54) is 16.8 Å². The molecule has 0 spiro atoms. The Balaban J connectivity index is 1.61. The summed E-state index contributed by atoms with van der Waals surface area (Å²) in [5.74, 6) is 0.144. The molecule has 0 saturated carbocycles. The molecule has 23 heavy (non-hydrogen) atoms. The first kappa shape index (κ1) is 15.6. The average Bonchev–Trinajstić information content (AvgIpc) is 2.62. The zero-order chi connectivity index (χ0) is 16.2. The van der Waals surface area contributed by atoms with Crippen LogP contribution in [0.5, 0.6) is 0 Å². The Hall–Kier alpha value is -2.29. The largest absolute Gasteiger partial charge is 0.368 e. The smallest absolute Gasteiger partial charge is 0.253 e. The molecule has 2 aromatic rings. The van der Waals surface area contributed by atoms with Crippen molar-refractivity contribution in [1.82, 2.24) is 4.90 Å². The summed E-state index contributed by atoms with van der Waals surface area (Å²) in [7, 11) is 0. The van der Waals surface area contributed by atoms with Crippen LogP contribution >= 0.6 is 0 Å². The molecular formula is C20H24N2O. The lowest BCUT2D eigenvalue weighted by Gasteiger charge is -2.36. The Morgan fingerprint density at radius 1 is 0.913 bits per heavy atom. The summed E-state index contributed by atoms with van der Waals surface area (Å²) in [4.78, 5) is 16.9. The van der Waals surface area contributed by atoms with Gasteiger partial charge in [0, 0.05) is 37.4 Å². The molecule has 1 fully saturated rings. The highest BCUT2D eigenvalue weighted by Gasteiger charge is 2.22. The third-order valence-electron chi connectivity index (χ3n) is 4.58. The Bertz CT molecular complexity index is 653. The van der Waals surface area contributed by atoms with Gasteiger partial charge in [0.1, 0.15) is 0 Å². The van der Waals surface area contributed by atoms with Crippen molar-refractivity contribution < 1.29 is 4.79 Å². The highest BCUT2D eigenvalue weighted by Crippen LogP contribution is 2.18. The van der Waals surface area contributed by atoms with Gasteiger partial charge in [0.2, 0.25) is 0 Å². The number of nitrogens with zero attached hydrogens (tertiary/aromatic N) is 2. The van der Waals surface area contributed by atoms with Crippen LogP contribution in [-0.2, 0) is 6.42 Å². The zero-order valence-corrected chi connectivity index (χ0v) is 14.0. The van der Waals surface area contributed by atoms with E-state index in [4.69, 9.17) is 0 Å². The van der Waals surface area contributed by atoms with Crippen molar-refractivity contribution in [3.63, 3.8) is 0 Å². The van der Waals surface area contributed by atoms with Crippen molar-refractivity contribution in [2.24, 2.45) is 0 Å². The number of aryl methyl sites for hydroxylation is 2. The minimum atomic E-state index is 0.144. The molecular weight excluding hydrogens is 284 g/mol. The van der Waals surface area contributed by atoms with Gasteiger partial charge >= 0.3 is 0 Å². The van der Waals surface area contributed by atoms with E-state index in [1.54, 1.807) is 0 Å². The van der Waals surface area contributed by atoms with Crippen LogP contribution in [0, 0.1) is 6.92 Å². The number of anilines is 1. The minimum Gasteiger partial charge on any atom is -0.368 e. The zero-order valence-electron chi connectivity index (χ0n) is 14.0. The predicted octanol–water partition coefficient (Wildman–Crippen LogP) is 3.52. The third-order valence-corrected chi connectivity index (χ3v) is 4.58. The standard InChI is InChI=1S/C20H24N2O/c1-3-17-6-10-19(11-7-17)21-12-14-22(15-13-21)20(23)18-8-4-16(2)5-9-18/h4-11H,3,12-15H2,1-2H3. The lowest BCUT2D eigenvalue weighted by molar-refractivity contribution is 0.0747. The van der Waals surface area contributed by atoms with Crippen molar-refractivity contribution in [2.45, 2.75) is 20.3 Å².